The third-order valence-corrected chi connectivity index (χ3v) is 6.25. The normalized spacial score (nSPS) is 14.4. The summed E-state index contributed by atoms with van der Waals surface area (Å²) in [6.07, 6.45) is 0.856. The Morgan fingerprint density at radius 1 is 1.15 bits per heavy atom. The standard InChI is InChI=1S/C25H27N7O2/c1-13(2)32-24-23(16(5)29-32)19(25(33)27-12-18-11-26-15(4)8-14(18)3)10-21(28-24)17-6-7-20-22(9-17)31-34-30-20/h6-7,9-10,13H,8,11-12H2,1-5H3,(H,27,33). The lowest BCUT2D eigenvalue weighted by Crippen LogP contribution is -2.28. The Hall–Kier alpha value is -3.88. The Morgan fingerprint density at radius 2 is 1.94 bits per heavy atom. The second-order valence-electron chi connectivity index (χ2n) is 9.14. The van der Waals surface area contributed by atoms with Crippen LogP contribution in [0.15, 0.2) is 45.0 Å². The summed E-state index contributed by atoms with van der Waals surface area (Å²) in [6, 6.07) is 7.52. The Balaban J connectivity index is 1.58. The van der Waals surface area contributed by atoms with Gasteiger partial charge in [0.25, 0.3) is 5.91 Å². The highest BCUT2D eigenvalue weighted by Crippen LogP contribution is 2.30. The van der Waals surface area contributed by atoms with Gasteiger partial charge in [-0.3, -0.25) is 9.79 Å². The number of fused-ring (bicyclic) bond motifs is 2. The molecule has 5 rings (SSSR count). The van der Waals surface area contributed by atoms with Crippen LogP contribution in [0.2, 0.25) is 0 Å². The quantitative estimate of drug-likeness (QED) is 0.444. The van der Waals surface area contributed by atoms with Crippen LogP contribution in [0.1, 0.15) is 56.2 Å². The van der Waals surface area contributed by atoms with E-state index >= 15 is 0 Å². The summed E-state index contributed by atoms with van der Waals surface area (Å²) in [4.78, 5) is 22.9. The van der Waals surface area contributed by atoms with E-state index in [0.29, 0.717) is 41.0 Å². The number of pyridine rings is 1. The molecule has 0 saturated heterocycles. The number of hydrogen-bond acceptors (Lipinski definition) is 7. The average molecular weight is 458 g/mol. The molecule has 34 heavy (non-hydrogen) atoms. The van der Waals surface area contributed by atoms with Crippen molar-refractivity contribution in [1.29, 1.82) is 0 Å². The van der Waals surface area contributed by atoms with Gasteiger partial charge in [-0.15, -0.1) is 0 Å². The number of benzene rings is 1. The highest BCUT2D eigenvalue weighted by Gasteiger charge is 2.22. The van der Waals surface area contributed by atoms with E-state index in [2.05, 4.69) is 32.6 Å². The Labute approximate surface area is 196 Å². The fourth-order valence-electron chi connectivity index (χ4n) is 4.36. The van der Waals surface area contributed by atoms with Crippen LogP contribution < -0.4 is 5.32 Å². The predicted molar refractivity (Wildman–Crippen MR) is 131 cm³/mol. The molecule has 9 nitrogen and oxygen atoms in total. The Bertz CT molecular complexity index is 1490. The number of rotatable bonds is 5. The van der Waals surface area contributed by atoms with E-state index in [1.807, 2.05) is 56.6 Å². The number of aliphatic imine (C=N–C) groups is 1. The van der Waals surface area contributed by atoms with Gasteiger partial charge in [0.05, 0.1) is 28.9 Å². The number of aromatic nitrogens is 5. The van der Waals surface area contributed by atoms with Crippen molar-refractivity contribution in [3.8, 4) is 11.3 Å². The average Bonchev–Trinajstić information content (AvgIpc) is 3.41. The number of hydrogen-bond donors (Lipinski definition) is 1. The van der Waals surface area contributed by atoms with E-state index < -0.39 is 0 Å². The molecule has 0 unspecified atom stereocenters. The largest absolute Gasteiger partial charge is 0.348 e. The van der Waals surface area contributed by atoms with Gasteiger partial charge in [-0.05, 0) is 68.7 Å². The highest BCUT2D eigenvalue weighted by atomic mass is 16.6. The second kappa shape index (κ2) is 8.48. The van der Waals surface area contributed by atoms with Crippen molar-refractivity contribution >= 4 is 33.7 Å². The molecule has 4 heterocycles. The van der Waals surface area contributed by atoms with Gasteiger partial charge in [0.2, 0.25) is 0 Å². The fraction of sp³-hybridized carbons (Fsp3) is 0.360. The summed E-state index contributed by atoms with van der Waals surface area (Å²) in [5.74, 6) is -0.157. The predicted octanol–water partition coefficient (Wildman–Crippen LogP) is 4.43. The van der Waals surface area contributed by atoms with Crippen LogP contribution in [0.5, 0.6) is 0 Å². The smallest absolute Gasteiger partial charge is 0.252 e. The summed E-state index contributed by atoms with van der Waals surface area (Å²) >= 11 is 0. The molecule has 0 aliphatic carbocycles. The maximum atomic E-state index is 13.5. The van der Waals surface area contributed by atoms with Gasteiger partial charge in [-0.2, -0.15) is 5.10 Å². The molecular formula is C25H27N7O2. The summed E-state index contributed by atoms with van der Waals surface area (Å²) in [5, 5.41) is 16.4. The first-order chi connectivity index (χ1) is 16.3. The molecule has 1 aromatic carbocycles. The monoisotopic (exact) mass is 457 g/mol. The topological polar surface area (TPSA) is 111 Å². The van der Waals surface area contributed by atoms with E-state index in [-0.39, 0.29) is 11.9 Å². The molecule has 4 aromatic rings. The molecule has 0 saturated carbocycles. The van der Waals surface area contributed by atoms with E-state index in [1.165, 1.54) is 5.57 Å². The van der Waals surface area contributed by atoms with Gasteiger partial charge < -0.3 is 5.32 Å². The van der Waals surface area contributed by atoms with Crippen LogP contribution >= 0.6 is 0 Å². The molecule has 3 aromatic heterocycles. The Kier molecular flexibility index (Phi) is 5.47. The molecule has 1 N–H and O–H groups in total. The Morgan fingerprint density at radius 3 is 2.71 bits per heavy atom. The van der Waals surface area contributed by atoms with E-state index in [9.17, 15) is 4.79 Å². The third-order valence-electron chi connectivity index (χ3n) is 6.25. The van der Waals surface area contributed by atoms with Gasteiger partial charge in [0.15, 0.2) is 5.65 Å². The van der Waals surface area contributed by atoms with Gasteiger partial charge in [-0.25, -0.2) is 14.3 Å². The number of dihydropyridines is 1. The van der Waals surface area contributed by atoms with Crippen LogP contribution in [0.25, 0.3) is 33.3 Å². The summed E-state index contributed by atoms with van der Waals surface area (Å²) in [5.41, 5.74) is 8.35. The van der Waals surface area contributed by atoms with Crippen LogP contribution in [0.3, 0.4) is 0 Å². The van der Waals surface area contributed by atoms with Gasteiger partial charge in [-0.1, -0.05) is 11.6 Å². The molecule has 9 heteroatoms. The molecule has 1 aliphatic rings. The lowest BCUT2D eigenvalue weighted by molar-refractivity contribution is 0.0958. The van der Waals surface area contributed by atoms with Gasteiger partial charge >= 0.3 is 0 Å². The number of aryl methyl sites for hydroxylation is 1. The second-order valence-corrected chi connectivity index (χ2v) is 9.14. The first kappa shape index (κ1) is 21.9. The van der Waals surface area contributed by atoms with E-state index in [0.717, 1.165) is 34.3 Å². The van der Waals surface area contributed by atoms with Crippen molar-refractivity contribution < 1.29 is 9.42 Å². The van der Waals surface area contributed by atoms with Crippen molar-refractivity contribution in [2.75, 3.05) is 13.1 Å². The van der Waals surface area contributed by atoms with Crippen LogP contribution in [-0.4, -0.2) is 49.8 Å². The lowest BCUT2D eigenvalue weighted by atomic mass is 10.0. The number of carbonyl (C=O) groups excluding carboxylic acids is 1. The van der Waals surface area contributed by atoms with Crippen molar-refractivity contribution in [3.05, 3.63) is 46.7 Å². The number of amides is 1. The van der Waals surface area contributed by atoms with Gasteiger partial charge in [0.1, 0.15) is 11.0 Å². The van der Waals surface area contributed by atoms with Crippen molar-refractivity contribution in [1.82, 2.24) is 30.4 Å². The first-order valence-corrected chi connectivity index (χ1v) is 11.4. The lowest BCUT2D eigenvalue weighted by Gasteiger charge is -2.17. The summed E-state index contributed by atoms with van der Waals surface area (Å²) < 4.78 is 6.70. The minimum absolute atomic E-state index is 0.0910. The van der Waals surface area contributed by atoms with E-state index in [1.54, 1.807) is 0 Å². The number of allylic oxidation sites excluding steroid dienone is 1. The van der Waals surface area contributed by atoms with Crippen molar-refractivity contribution in [2.45, 2.75) is 47.1 Å². The molecule has 0 bridgehead atoms. The van der Waals surface area contributed by atoms with Gasteiger partial charge in [0, 0.05) is 30.3 Å². The van der Waals surface area contributed by atoms with E-state index in [4.69, 9.17) is 9.61 Å². The third kappa shape index (κ3) is 3.87. The van der Waals surface area contributed by atoms with Crippen molar-refractivity contribution in [2.24, 2.45) is 4.99 Å². The van der Waals surface area contributed by atoms with Crippen LogP contribution in [0, 0.1) is 6.92 Å². The zero-order valence-electron chi connectivity index (χ0n) is 20.0. The highest BCUT2D eigenvalue weighted by molar-refractivity contribution is 6.07. The molecular weight excluding hydrogens is 430 g/mol. The molecule has 0 atom stereocenters. The molecule has 0 radical (unpaired) electrons. The minimum Gasteiger partial charge on any atom is -0.348 e. The zero-order valence-corrected chi connectivity index (χ0v) is 20.0. The zero-order chi connectivity index (χ0) is 24.0. The molecule has 174 valence electrons. The molecule has 1 amide bonds. The summed E-state index contributed by atoms with van der Waals surface area (Å²) in [7, 11) is 0. The summed E-state index contributed by atoms with van der Waals surface area (Å²) in [6.45, 7) is 11.3. The molecule has 0 fully saturated rings. The molecule has 0 spiro atoms. The number of nitrogens with zero attached hydrogens (tertiary/aromatic N) is 6. The van der Waals surface area contributed by atoms with Crippen LogP contribution in [0.4, 0.5) is 0 Å². The van der Waals surface area contributed by atoms with Crippen molar-refractivity contribution in [3.63, 3.8) is 0 Å². The maximum absolute atomic E-state index is 13.5. The number of carbonyl (C=O) groups is 1. The maximum Gasteiger partial charge on any atom is 0.252 e. The number of nitrogens with one attached hydrogen (secondary N) is 1. The SMILES string of the molecule is CC1=NCC(CNC(=O)c2cc(-c3ccc4nonc4c3)nc3c2c(C)nn3C(C)C)=C(C)C1. The van der Waals surface area contributed by atoms with Crippen LogP contribution in [-0.2, 0) is 0 Å². The first-order valence-electron chi connectivity index (χ1n) is 11.4. The fourth-order valence-corrected chi connectivity index (χ4v) is 4.36. The minimum atomic E-state index is -0.157. The molecule has 1 aliphatic heterocycles.